The molecule has 36 heavy (non-hydrogen) atoms. The summed E-state index contributed by atoms with van der Waals surface area (Å²) in [6.45, 7) is 9.82. The molecule has 1 N–H and O–H groups in total. The second-order valence-corrected chi connectivity index (χ2v) is 10.9. The van der Waals surface area contributed by atoms with Gasteiger partial charge in [-0.25, -0.2) is 4.98 Å². The Bertz CT molecular complexity index is 1450. The van der Waals surface area contributed by atoms with Gasteiger partial charge in [0.15, 0.2) is 5.78 Å². The highest BCUT2D eigenvalue weighted by atomic mass is 19.4. The molecule has 0 fully saturated rings. The molecule has 0 spiro atoms. The molecule has 2 aliphatic rings. The molecule has 1 atom stereocenters. The highest BCUT2D eigenvalue weighted by molar-refractivity contribution is 6.03. The van der Waals surface area contributed by atoms with Crippen molar-refractivity contribution in [3.05, 3.63) is 75.9 Å². The zero-order valence-electron chi connectivity index (χ0n) is 21.3. The number of allylic oxidation sites excluding steroid dienone is 2. The van der Waals surface area contributed by atoms with Gasteiger partial charge in [0.25, 0.3) is 0 Å². The van der Waals surface area contributed by atoms with Gasteiger partial charge in [-0.05, 0) is 55.9 Å². The smallest absolute Gasteiger partial charge is 0.343 e. The van der Waals surface area contributed by atoms with Crippen LogP contribution in [-0.4, -0.2) is 20.5 Å². The predicted octanol–water partition coefficient (Wildman–Crippen LogP) is 6.49. The largest absolute Gasteiger partial charge is 0.417 e. The number of fused-ring (bicyclic) bond motifs is 1. The molecule has 2 aromatic heterocycles. The molecule has 1 aliphatic carbocycles. The highest BCUT2D eigenvalue weighted by Crippen LogP contribution is 2.53. The van der Waals surface area contributed by atoms with E-state index in [1.165, 1.54) is 0 Å². The maximum absolute atomic E-state index is 13.8. The number of alkyl halides is 3. The summed E-state index contributed by atoms with van der Waals surface area (Å²) in [6.07, 6.45) is -2.77. The van der Waals surface area contributed by atoms with Crippen molar-refractivity contribution in [1.29, 1.82) is 0 Å². The van der Waals surface area contributed by atoms with Crippen molar-refractivity contribution in [2.75, 3.05) is 5.32 Å². The summed E-state index contributed by atoms with van der Waals surface area (Å²) >= 11 is 0. The number of aryl methyl sites for hydroxylation is 2. The fraction of sp³-hybridized carbons (Fsp3) is 0.393. The van der Waals surface area contributed by atoms with Crippen molar-refractivity contribution in [3.63, 3.8) is 0 Å². The summed E-state index contributed by atoms with van der Waals surface area (Å²) in [4.78, 5) is 17.8. The van der Waals surface area contributed by atoms with E-state index in [1.807, 2.05) is 70.6 Å². The van der Waals surface area contributed by atoms with Gasteiger partial charge in [0.05, 0.1) is 16.7 Å². The quantitative estimate of drug-likeness (QED) is 0.442. The number of Topliss-reactive ketones (excluding diaryl/α,β-unsaturated/α-hetero) is 1. The van der Waals surface area contributed by atoms with Crippen molar-refractivity contribution >= 4 is 11.6 Å². The average molecular weight is 495 g/mol. The molecule has 1 aromatic carbocycles. The van der Waals surface area contributed by atoms with Crippen LogP contribution in [0.2, 0.25) is 0 Å². The van der Waals surface area contributed by atoms with Crippen molar-refractivity contribution in [2.24, 2.45) is 12.5 Å². The molecule has 8 heteroatoms. The van der Waals surface area contributed by atoms with Gasteiger partial charge in [0.2, 0.25) is 0 Å². The molecule has 3 heterocycles. The first-order valence-corrected chi connectivity index (χ1v) is 11.9. The van der Waals surface area contributed by atoms with E-state index in [0.717, 1.165) is 46.0 Å². The molecular weight excluding hydrogens is 465 g/mol. The summed E-state index contributed by atoms with van der Waals surface area (Å²) in [5.41, 5.74) is 3.86. The van der Waals surface area contributed by atoms with Crippen LogP contribution in [0, 0.1) is 19.3 Å². The van der Waals surface area contributed by atoms with Crippen LogP contribution < -0.4 is 5.32 Å². The third-order valence-corrected chi connectivity index (χ3v) is 7.64. The van der Waals surface area contributed by atoms with Crippen LogP contribution in [0.1, 0.15) is 61.7 Å². The lowest BCUT2D eigenvalue weighted by molar-refractivity contribution is -0.137. The molecule has 0 bridgehead atoms. The Labute approximate surface area is 208 Å². The Morgan fingerprint density at radius 1 is 1.08 bits per heavy atom. The van der Waals surface area contributed by atoms with Gasteiger partial charge in [0.1, 0.15) is 5.82 Å². The van der Waals surface area contributed by atoms with Crippen molar-refractivity contribution in [2.45, 2.75) is 59.1 Å². The Morgan fingerprint density at radius 2 is 1.81 bits per heavy atom. The third kappa shape index (κ3) is 3.65. The van der Waals surface area contributed by atoms with Gasteiger partial charge in [-0.1, -0.05) is 32.0 Å². The molecule has 0 unspecified atom stereocenters. The molecule has 0 amide bonds. The summed E-state index contributed by atoms with van der Waals surface area (Å²) in [6, 6.07) is 8.86. The number of carbonyl (C=O) groups is 1. The Morgan fingerprint density at radius 3 is 2.44 bits per heavy atom. The van der Waals surface area contributed by atoms with Gasteiger partial charge in [-0.15, -0.1) is 0 Å². The lowest BCUT2D eigenvalue weighted by atomic mass is 9.61. The fourth-order valence-electron chi connectivity index (χ4n) is 5.86. The number of pyridine rings is 1. The Kier molecular flexibility index (Phi) is 5.25. The molecule has 1 aliphatic heterocycles. The first-order valence-electron chi connectivity index (χ1n) is 11.9. The molecule has 0 saturated heterocycles. The molecule has 188 valence electrons. The molecular formula is C28H29F3N4O. The van der Waals surface area contributed by atoms with Crippen molar-refractivity contribution < 1.29 is 18.0 Å². The molecule has 3 aromatic rings. The third-order valence-electron chi connectivity index (χ3n) is 7.64. The molecule has 0 saturated carbocycles. The number of rotatable bonds is 2. The molecule has 5 nitrogen and oxygen atoms in total. The predicted molar refractivity (Wildman–Crippen MR) is 132 cm³/mol. The van der Waals surface area contributed by atoms with Gasteiger partial charge in [0, 0.05) is 47.8 Å². The van der Waals surface area contributed by atoms with Gasteiger partial charge < -0.3 is 5.32 Å². The number of ketones is 1. The summed E-state index contributed by atoms with van der Waals surface area (Å²) in [5, 5.41) is 7.75. The number of benzene rings is 1. The molecule has 0 radical (unpaired) electrons. The maximum Gasteiger partial charge on any atom is 0.417 e. The van der Waals surface area contributed by atoms with Gasteiger partial charge in [-0.2, -0.15) is 18.3 Å². The SMILES string of the molecule is Cc1nn(C)c(C)c1-c1cccc([C@@]2(C)C3=C(CC(C)(C)CC3=O)Nc3ncc(C(F)(F)F)cc32)c1. The number of aromatic nitrogens is 3. The van der Waals surface area contributed by atoms with E-state index < -0.39 is 17.2 Å². The summed E-state index contributed by atoms with van der Waals surface area (Å²) in [7, 11) is 1.88. The minimum atomic E-state index is -4.55. The van der Waals surface area contributed by atoms with Crippen molar-refractivity contribution in [3.8, 4) is 11.1 Å². The Hall–Kier alpha value is -3.42. The second-order valence-electron chi connectivity index (χ2n) is 10.9. The maximum atomic E-state index is 13.8. The topological polar surface area (TPSA) is 59.8 Å². The van der Waals surface area contributed by atoms with Gasteiger partial charge in [-0.3, -0.25) is 9.48 Å². The van der Waals surface area contributed by atoms with E-state index in [0.29, 0.717) is 29.8 Å². The number of nitrogens with zero attached hydrogens (tertiary/aromatic N) is 3. The first-order chi connectivity index (χ1) is 16.7. The number of hydrogen-bond donors (Lipinski definition) is 1. The van der Waals surface area contributed by atoms with Crippen LogP contribution in [0.15, 0.2) is 47.8 Å². The van der Waals surface area contributed by atoms with E-state index in [2.05, 4.69) is 15.4 Å². The highest BCUT2D eigenvalue weighted by Gasteiger charge is 2.49. The van der Waals surface area contributed by atoms with Crippen LogP contribution in [0.5, 0.6) is 0 Å². The average Bonchev–Trinajstić information content (AvgIpc) is 3.02. The van der Waals surface area contributed by atoms with E-state index in [1.54, 1.807) is 0 Å². The number of halogens is 3. The second kappa shape index (κ2) is 7.79. The first kappa shape index (κ1) is 24.3. The van der Waals surface area contributed by atoms with Crippen molar-refractivity contribution in [1.82, 2.24) is 14.8 Å². The number of nitrogens with one attached hydrogen (secondary N) is 1. The van der Waals surface area contributed by atoms with Gasteiger partial charge >= 0.3 is 6.18 Å². The lowest BCUT2D eigenvalue weighted by Crippen LogP contribution is -2.42. The normalized spacial score (nSPS) is 21.2. The Balaban J connectivity index is 1.79. The van der Waals surface area contributed by atoms with E-state index >= 15 is 0 Å². The summed E-state index contributed by atoms with van der Waals surface area (Å²) < 4.78 is 43.1. The zero-order chi connectivity index (χ0) is 26.2. The van der Waals surface area contributed by atoms with Crippen LogP contribution in [-0.2, 0) is 23.4 Å². The van der Waals surface area contributed by atoms with Crippen LogP contribution in [0.25, 0.3) is 11.1 Å². The zero-order valence-corrected chi connectivity index (χ0v) is 21.3. The monoisotopic (exact) mass is 494 g/mol. The standard InChI is InChI=1S/C28H29F3N4O/c1-15-23(16(2)35(6)34-15)17-8-7-9-18(10-17)27(5)20-11-19(28(29,30)31)14-32-25(20)33-21-12-26(3,4)13-22(36)24(21)27/h7-11,14H,12-13H2,1-6H3,(H,32,33)/t27-/m1/s1. The molecule has 5 rings (SSSR count). The number of carbonyl (C=O) groups excluding carboxylic acids is 1. The number of hydrogen-bond acceptors (Lipinski definition) is 4. The van der Waals surface area contributed by atoms with Crippen LogP contribution >= 0.6 is 0 Å². The van der Waals surface area contributed by atoms with E-state index in [4.69, 9.17) is 0 Å². The van der Waals surface area contributed by atoms with Crippen LogP contribution in [0.3, 0.4) is 0 Å². The lowest BCUT2D eigenvalue weighted by Gasteiger charge is -2.44. The fourth-order valence-corrected chi connectivity index (χ4v) is 5.86. The minimum absolute atomic E-state index is 0.0570. The minimum Gasteiger partial charge on any atom is -0.343 e. The van der Waals surface area contributed by atoms with Crippen LogP contribution in [0.4, 0.5) is 19.0 Å². The van der Waals surface area contributed by atoms with E-state index in [9.17, 15) is 18.0 Å². The van der Waals surface area contributed by atoms with E-state index in [-0.39, 0.29) is 11.2 Å². The summed E-state index contributed by atoms with van der Waals surface area (Å²) in [5.74, 6) is 0.298. The number of anilines is 1.